The molecule has 20 heavy (non-hydrogen) atoms. The summed E-state index contributed by atoms with van der Waals surface area (Å²) in [6, 6.07) is 1.96. The Labute approximate surface area is 116 Å². The molecule has 0 bridgehead atoms. The Hall–Kier alpha value is -1.69. The molecule has 0 saturated carbocycles. The number of rotatable bonds is 4. The second-order valence-electron chi connectivity index (χ2n) is 4.66. The standard InChI is InChI=1S/C14H17F2NO3/c1-19-10-6-11(15)13(12(16)7-10)14(18)17-8-9-4-2-3-5-20-9/h6-7,9H,2-5,8H2,1H3,(H,17,18). The lowest BCUT2D eigenvalue weighted by molar-refractivity contribution is 0.0168. The van der Waals surface area contributed by atoms with Gasteiger partial charge < -0.3 is 14.8 Å². The molecule has 1 aliphatic rings. The van der Waals surface area contributed by atoms with Gasteiger partial charge in [0.2, 0.25) is 0 Å². The van der Waals surface area contributed by atoms with Crippen LogP contribution in [0.5, 0.6) is 5.75 Å². The summed E-state index contributed by atoms with van der Waals surface area (Å²) in [6.07, 6.45) is 2.79. The van der Waals surface area contributed by atoms with Gasteiger partial charge in [0, 0.05) is 25.3 Å². The number of amides is 1. The number of carbonyl (C=O) groups is 1. The molecule has 1 aromatic rings. The topological polar surface area (TPSA) is 47.6 Å². The van der Waals surface area contributed by atoms with Crippen molar-refractivity contribution in [3.05, 3.63) is 29.3 Å². The maximum Gasteiger partial charge on any atom is 0.257 e. The average molecular weight is 285 g/mol. The molecule has 6 heteroatoms. The van der Waals surface area contributed by atoms with E-state index in [0.717, 1.165) is 31.4 Å². The summed E-state index contributed by atoms with van der Waals surface area (Å²) in [5.74, 6) is -2.63. The summed E-state index contributed by atoms with van der Waals surface area (Å²) in [4.78, 5) is 11.8. The molecule has 110 valence electrons. The van der Waals surface area contributed by atoms with Gasteiger partial charge in [0.25, 0.3) is 5.91 Å². The van der Waals surface area contributed by atoms with E-state index >= 15 is 0 Å². The van der Waals surface area contributed by atoms with Gasteiger partial charge in [-0.15, -0.1) is 0 Å². The van der Waals surface area contributed by atoms with E-state index in [1.807, 2.05) is 0 Å². The minimum absolute atomic E-state index is 0.0344. The van der Waals surface area contributed by atoms with Gasteiger partial charge in [0.05, 0.1) is 13.2 Å². The molecule has 1 atom stereocenters. The summed E-state index contributed by atoms with van der Waals surface area (Å²) in [5.41, 5.74) is -0.596. The van der Waals surface area contributed by atoms with Crippen molar-refractivity contribution >= 4 is 5.91 Å². The highest BCUT2D eigenvalue weighted by molar-refractivity contribution is 5.94. The summed E-state index contributed by atoms with van der Waals surface area (Å²) in [6.45, 7) is 0.912. The number of carbonyl (C=O) groups excluding carboxylic acids is 1. The number of hydrogen-bond donors (Lipinski definition) is 1. The predicted octanol–water partition coefficient (Wildman–Crippen LogP) is 2.27. The molecular weight excluding hydrogens is 268 g/mol. The van der Waals surface area contributed by atoms with E-state index in [1.54, 1.807) is 0 Å². The first-order valence-corrected chi connectivity index (χ1v) is 6.54. The Morgan fingerprint density at radius 1 is 1.40 bits per heavy atom. The van der Waals surface area contributed by atoms with Crippen molar-refractivity contribution < 1.29 is 23.0 Å². The van der Waals surface area contributed by atoms with Crippen LogP contribution in [0.3, 0.4) is 0 Å². The number of hydrogen-bond acceptors (Lipinski definition) is 3. The van der Waals surface area contributed by atoms with Crippen molar-refractivity contribution in [1.82, 2.24) is 5.32 Å². The van der Waals surface area contributed by atoms with Crippen molar-refractivity contribution in [1.29, 1.82) is 0 Å². The van der Waals surface area contributed by atoms with Gasteiger partial charge in [-0.2, -0.15) is 0 Å². The quantitative estimate of drug-likeness (QED) is 0.923. The molecule has 0 spiro atoms. The maximum atomic E-state index is 13.7. The van der Waals surface area contributed by atoms with E-state index in [9.17, 15) is 13.6 Å². The van der Waals surface area contributed by atoms with Gasteiger partial charge in [0.1, 0.15) is 22.9 Å². The second kappa shape index (κ2) is 6.65. The summed E-state index contributed by atoms with van der Waals surface area (Å²) >= 11 is 0. The van der Waals surface area contributed by atoms with Crippen LogP contribution in [0, 0.1) is 11.6 Å². The Morgan fingerprint density at radius 3 is 2.65 bits per heavy atom. The fraction of sp³-hybridized carbons (Fsp3) is 0.500. The SMILES string of the molecule is COc1cc(F)c(C(=O)NCC2CCCCO2)c(F)c1. The molecule has 0 aliphatic carbocycles. The van der Waals surface area contributed by atoms with Crippen LogP contribution in [0.2, 0.25) is 0 Å². The van der Waals surface area contributed by atoms with Crippen LogP contribution in [0.25, 0.3) is 0 Å². The zero-order valence-corrected chi connectivity index (χ0v) is 11.2. The fourth-order valence-electron chi connectivity index (χ4n) is 2.15. The van der Waals surface area contributed by atoms with E-state index in [-0.39, 0.29) is 18.4 Å². The largest absolute Gasteiger partial charge is 0.497 e. The van der Waals surface area contributed by atoms with Gasteiger partial charge in [-0.05, 0) is 19.3 Å². The van der Waals surface area contributed by atoms with Gasteiger partial charge >= 0.3 is 0 Å². The van der Waals surface area contributed by atoms with Crippen LogP contribution in [0.15, 0.2) is 12.1 Å². The molecule has 1 fully saturated rings. The predicted molar refractivity (Wildman–Crippen MR) is 68.8 cm³/mol. The first kappa shape index (κ1) is 14.7. The number of benzene rings is 1. The molecule has 2 rings (SSSR count). The molecule has 1 unspecified atom stereocenters. The van der Waals surface area contributed by atoms with Crippen LogP contribution < -0.4 is 10.1 Å². The zero-order chi connectivity index (χ0) is 14.5. The average Bonchev–Trinajstić information content (AvgIpc) is 2.45. The van der Waals surface area contributed by atoms with Gasteiger partial charge in [-0.1, -0.05) is 0 Å². The Kier molecular flexibility index (Phi) is 4.89. The van der Waals surface area contributed by atoms with E-state index in [4.69, 9.17) is 9.47 Å². The van der Waals surface area contributed by atoms with Crippen molar-refractivity contribution in [2.75, 3.05) is 20.3 Å². The van der Waals surface area contributed by atoms with Gasteiger partial charge in [-0.25, -0.2) is 8.78 Å². The third kappa shape index (κ3) is 3.45. The lowest BCUT2D eigenvalue weighted by Crippen LogP contribution is -2.36. The molecule has 1 heterocycles. The normalized spacial score (nSPS) is 18.6. The molecule has 1 saturated heterocycles. The number of methoxy groups -OCH3 is 1. The molecule has 1 N–H and O–H groups in total. The van der Waals surface area contributed by atoms with E-state index in [0.29, 0.717) is 6.61 Å². The van der Waals surface area contributed by atoms with E-state index in [1.165, 1.54) is 7.11 Å². The molecule has 0 radical (unpaired) electrons. The summed E-state index contributed by atoms with van der Waals surface area (Å²) in [5, 5.41) is 2.50. The highest BCUT2D eigenvalue weighted by Gasteiger charge is 2.21. The Morgan fingerprint density at radius 2 is 2.10 bits per heavy atom. The molecule has 0 aromatic heterocycles. The second-order valence-corrected chi connectivity index (χ2v) is 4.66. The summed E-state index contributed by atoms with van der Waals surface area (Å²) in [7, 11) is 1.30. The molecule has 4 nitrogen and oxygen atoms in total. The molecule has 1 aromatic carbocycles. The lowest BCUT2D eigenvalue weighted by Gasteiger charge is -2.22. The minimum Gasteiger partial charge on any atom is -0.497 e. The number of ether oxygens (including phenoxy) is 2. The molecule has 1 aliphatic heterocycles. The smallest absolute Gasteiger partial charge is 0.257 e. The third-order valence-electron chi connectivity index (χ3n) is 3.24. The van der Waals surface area contributed by atoms with E-state index < -0.39 is 23.1 Å². The first-order chi connectivity index (χ1) is 9.61. The zero-order valence-electron chi connectivity index (χ0n) is 11.2. The van der Waals surface area contributed by atoms with E-state index in [2.05, 4.69) is 5.32 Å². The van der Waals surface area contributed by atoms with Gasteiger partial charge in [-0.3, -0.25) is 4.79 Å². The Balaban J connectivity index is 2.01. The molecular formula is C14H17F2NO3. The highest BCUT2D eigenvalue weighted by Crippen LogP contribution is 2.20. The molecule has 1 amide bonds. The van der Waals surface area contributed by atoms with Crippen molar-refractivity contribution in [2.45, 2.75) is 25.4 Å². The van der Waals surface area contributed by atoms with Crippen LogP contribution in [-0.4, -0.2) is 32.3 Å². The fourth-order valence-corrected chi connectivity index (χ4v) is 2.15. The van der Waals surface area contributed by atoms with Gasteiger partial charge in [0.15, 0.2) is 0 Å². The monoisotopic (exact) mass is 285 g/mol. The first-order valence-electron chi connectivity index (χ1n) is 6.54. The number of nitrogens with one attached hydrogen (secondary N) is 1. The summed E-state index contributed by atoms with van der Waals surface area (Å²) < 4.78 is 37.6. The Bertz CT molecular complexity index is 464. The number of halogens is 2. The lowest BCUT2D eigenvalue weighted by atomic mass is 10.1. The van der Waals surface area contributed by atoms with Crippen LogP contribution in [0.1, 0.15) is 29.6 Å². The maximum absolute atomic E-state index is 13.7. The van der Waals surface area contributed by atoms with Crippen LogP contribution in [0.4, 0.5) is 8.78 Å². The van der Waals surface area contributed by atoms with Crippen molar-refractivity contribution in [3.8, 4) is 5.75 Å². The van der Waals surface area contributed by atoms with Crippen LogP contribution >= 0.6 is 0 Å². The minimum atomic E-state index is -0.941. The van der Waals surface area contributed by atoms with Crippen molar-refractivity contribution in [2.24, 2.45) is 0 Å². The van der Waals surface area contributed by atoms with Crippen LogP contribution in [-0.2, 0) is 4.74 Å². The van der Waals surface area contributed by atoms with Crippen molar-refractivity contribution in [3.63, 3.8) is 0 Å². The third-order valence-corrected chi connectivity index (χ3v) is 3.24. The highest BCUT2D eigenvalue weighted by atomic mass is 19.1.